The van der Waals surface area contributed by atoms with Crippen LogP contribution in [0.3, 0.4) is 0 Å². The summed E-state index contributed by atoms with van der Waals surface area (Å²) in [5.74, 6) is 2.72. The molecule has 0 aliphatic carbocycles. The zero-order valence-corrected chi connectivity index (χ0v) is 21.4. The van der Waals surface area contributed by atoms with Gasteiger partial charge in [-0.2, -0.15) is 11.8 Å². The Morgan fingerprint density at radius 1 is 1.40 bits per heavy atom. The zero-order chi connectivity index (χ0) is 20.6. The molecule has 1 amide bonds. The summed E-state index contributed by atoms with van der Waals surface area (Å²) in [7, 11) is 0. The van der Waals surface area contributed by atoms with E-state index in [1.807, 2.05) is 18.2 Å². The average molecular weight is 547 g/mol. The predicted octanol–water partition coefficient (Wildman–Crippen LogP) is 3.96. The molecule has 1 aromatic rings. The van der Waals surface area contributed by atoms with Gasteiger partial charge in [-0.1, -0.05) is 26.0 Å². The van der Waals surface area contributed by atoms with E-state index in [0.717, 1.165) is 55.4 Å². The van der Waals surface area contributed by atoms with E-state index in [4.69, 9.17) is 9.73 Å². The molecular formula is C22H35IN4O2S. The fourth-order valence-corrected chi connectivity index (χ4v) is 4.92. The molecule has 0 spiro atoms. The van der Waals surface area contributed by atoms with Gasteiger partial charge in [-0.05, 0) is 43.4 Å². The van der Waals surface area contributed by atoms with Crippen molar-refractivity contribution in [3.8, 4) is 0 Å². The number of hydrogen-bond donors (Lipinski definition) is 2. The number of nitrogens with one attached hydrogen (secondary N) is 2. The number of carbonyl (C=O) groups is 1. The summed E-state index contributed by atoms with van der Waals surface area (Å²) in [4.78, 5) is 19.6. The Morgan fingerprint density at radius 3 is 2.93 bits per heavy atom. The molecule has 168 valence electrons. The molecule has 3 rings (SSSR count). The van der Waals surface area contributed by atoms with E-state index in [9.17, 15) is 4.79 Å². The van der Waals surface area contributed by atoms with Gasteiger partial charge in [-0.15, -0.1) is 24.0 Å². The highest BCUT2D eigenvalue weighted by Crippen LogP contribution is 2.25. The lowest BCUT2D eigenvalue weighted by Gasteiger charge is -2.36. The average Bonchev–Trinajstić information content (AvgIpc) is 3.26. The normalized spacial score (nSPS) is 22.0. The van der Waals surface area contributed by atoms with E-state index in [1.54, 1.807) is 0 Å². The summed E-state index contributed by atoms with van der Waals surface area (Å²) in [5.41, 5.74) is 1.88. The number of carbonyl (C=O) groups excluding carboxylic acids is 1. The molecule has 0 bridgehead atoms. The van der Waals surface area contributed by atoms with Crippen molar-refractivity contribution in [1.82, 2.24) is 10.2 Å². The van der Waals surface area contributed by atoms with Crippen LogP contribution in [0.5, 0.6) is 0 Å². The molecule has 2 aliphatic rings. The van der Waals surface area contributed by atoms with Gasteiger partial charge in [-0.25, -0.2) is 4.99 Å². The second kappa shape index (κ2) is 12.8. The molecule has 2 unspecified atom stereocenters. The third-order valence-corrected chi connectivity index (χ3v) is 6.84. The van der Waals surface area contributed by atoms with Crippen LogP contribution >= 0.6 is 35.7 Å². The Hall–Kier alpha value is -1.00. The number of rotatable bonds is 6. The molecule has 2 fully saturated rings. The van der Waals surface area contributed by atoms with Crippen LogP contribution in [0.25, 0.3) is 0 Å². The molecule has 2 atom stereocenters. The first-order chi connectivity index (χ1) is 14.1. The number of thioether (sulfide) groups is 1. The number of ether oxygens (including phenoxy) is 1. The Balaban J connectivity index is 0.00000320. The second-order valence-electron chi connectivity index (χ2n) is 7.96. The Kier molecular flexibility index (Phi) is 10.7. The molecule has 8 heteroatoms. The van der Waals surface area contributed by atoms with Crippen LogP contribution in [0.4, 0.5) is 5.69 Å². The van der Waals surface area contributed by atoms with E-state index < -0.39 is 0 Å². The van der Waals surface area contributed by atoms with Crippen molar-refractivity contribution in [2.45, 2.75) is 51.5 Å². The lowest BCUT2D eigenvalue weighted by Crippen LogP contribution is -2.49. The Bertz CT molecular complexity index is 710. The van der Waals surface area contributed by atoms with Crippen LogP contribution in [0.2, 0.25) is 0 Å². The lowest BCUT2D eigenvalue weighted by atomic mass is 10.1. The second-order valence-corrected chi connectivity index (χ2v) is 9.31. The summed E-state index contributed by atoms with van der Waals surface area (Å²) in [6.07, 6.45) is 1.43. The van der Waals surface area contributed by atoms with Crippen molar-refractivity contribution in [3.63, 3.8) is 0 Å². The molecule has 2 heterocycles. The van der Waals surface area contributed by atoms with E-state index >= 15 is 0 Å². The van der Waals surface area contributed by atoms with Gasteiger partial charge in [0.25, 0.3) is 5.91 Å². The third-order valence-electron chi connectivity index (χ3n) is 5.30. The smallest absolute Gasteiger partial charge is 0.253 e. The van der Waals surface area contributed by atoms with Crippen molar-refractivity contribution in [1.29, 1.82) is 0 Å². The molecule has 2 N–H and O–H groups in total. The minimum Gasteiger partial charge on any atom is -0.368 e. The van der Waals surface area contributed by atoms with E-state index in [-0.39, 0.29) is 36.0 Å². The Labute approximate surface area is 202 Å². The summed E-state index contributed by atoms with van der Waals surface area (Å²) in [6, 6.07) is 7.94. The number of aliphatic imine (C=N–C) groups is 1. The molecule has 2 aliphatic heterocycles. The molecule has 0 radical (unpaired) electrons. The van der Waals surface area contributed by atoms with Gasteiger partial charge < -0.3 is 20.3 Å². The van der Waals surface area contributed by atoms with Crippen molar-refractivity contribution < 1.29 is 9.53 Å². The third kappa shape index (κ3) is 7.30. The van der Waals surface area contributed by atoms with Gasteiger partial charge in [-0.3, -0.25) is 4.79 Å². The molecule has 0 saturated carbocycles. The first-order valence-electron chi connectivity index (χ1n) is 10.7. The summed E-state index contributed by atoms with van der Waals surface area (Å²) in [5, 5.41) is 7.07. The van der Waals surface area contributed by atoms with E-state index in [1.165, 1.54) is 0 Å². The highest BCUT2D eigenvalue weighted by Gasteiger charge is 2.25. The number of hydrogen-bond acceptors (Lipinski definition) is 4. The molecular weight excluding hydrogens is 511 g/mol. The topological polar surface area (TPSA) is 66.0 Å². The van der Waals surface area contributed by atoms with Crippen LogP contribution in [-0.2, 0) is 16.1 Å². The summed E-state index contributed by atoms with van der Waals surface area (Å²) >= 11 is 2.07. The van der Waals surface area contributed by atoms with E-state index in [0.29, 0.717) is 24.3 Å². The standard InChI is InChI=1S/C22H34N4O2S.HI/c1-4-23-22(26-10-12-29-20(15-26)16(2)3)24-14-17-7-5-8-18(13-17)25-21(27)19-9-6-11-28-19;/h5,7-8,13,16,19-20H,4,6,9-12,14-15H2,1-3H3,(H,23,24)(H,25,27);1H. The maximum absolute atomic E-state index is 12.3. The van der Waals surface area contributed by atoms with Crippen LogP contribution < -0.4 is 10.6 Å². The minimum absolute atomic E-state index is 0. The summed E-state index contributed by atoms with van der Waals surface area (Å²) < 4.78 is 5.47. The predicted molar refractivity (Wildman–Crippen MR) is 137 cm³/mol. The first-order valence-corrected chi connectivity index (χ1v) is 11.8. The number of anilines is 1. The van der Waals surface area contributed by atoms with Crippen LogP contribution in [0.15, 0.2) is 29.3 Å². The zero-order valence-electron chi connectivity index (χ0n) is 18.2. The fourth-order valence-electron chi connectivity index (χ4n) is 3.62. The number of benzene rings is 1. The molecule has 6 nitrogen and oxygen atoms in total. The van der Waals surface area contributed by atoms with Crippen molar-refractivity contribution in [3.05, 3.63) is 29.8 Å². The lowest BCUT2D eigenvalue weighted by molar-refractivity contribution is -0.124. The van der Waals surface area contributed by atoms with Gasteiger partial charge in [0.15, 0.2) is 5.96 Å². The number of nitrogens with zero attached hydrogens (tertiary/aromatic N) is 2. The van der Waals surface area contributed by atoms with Crippen LogP contribution in [-0.4, -0.2) is 60.1 Å². The van der Waals surface area contributed by atoms with Crippen molar-refractivity contribution in [2.24, 2.45) is 10.9 Å². The number of amides is 1. The van der Waals surface area contributed by atoms with Crippen molar-refractivity contribution >= 4 is 53.3 Å². The van der Waals surface area contributed by atoms with Gasteiger partial charge in [0.2, 0.25) is 0 Å². The number of guanidine groups is 1. The molecule has 30 heavy (non-hydrogen) atoms. The van der Waals surface area contributed by atoms with Gasteiger partial charge in [0.1, 0.15) is 6.10 Å². The van der Waals surface area contributed by atoms with Crippen LogP contribution in [0.1, 0.15) is 39.2 Å². The highest BCUT2D eigenvalue weighted by atomic mass is 127. The highest BCUT2D eigenvalue weighted by molar-refractivity contribution is 14.0. The van der Waals surface area contributed by atoms with E-state index in [2.05, 4.69) is 54.1 Å². The molecule has 1 aromatic carbocycles. The van der Waals surface area contributed by atoms with Gasteiger partial charge >= 0.3 is 0 Å². The fraction of sp³-hybridized carbons (Fsp3) is 0.636. The van der Waals surface area contributed by atoms with Gasteiger partial charge in [0, 0.05) is 42.9 Å². The largest absolute Gasteiger partial charge is 0.368 e. The number of halogens is 1. The maximum Gasteiger partial charge on any atom is 0.253 e. The van der Waals surface area contributed by atoms with Gasteiger partial charge in [0.05, 0.1) is 6.54 Å². The van der Waals surface area contributed by atoms with Crippen LogP contribution in [0, 0.1) is 5.92 Å². The maximum atomic E-state index is 12.3. The SMILES string of the molecule is CCNC(=NCc1cccc(NC(=O)C2CCCO2)c1)N1CCSC(C(C)C)C1.I. The molecule has 0 aromatic heterocycles. The Morgan fingerprint density at radius 2 is 2.23 bits per heavy atom. The van der Waals surface area contributed by atoms with Crippen molar-refractivity contribution in [2.75, 3.05) is 37.3 Å². The quantitative estimate of drug-likeness (QED) is 0.321. The summed E-state index contributed by atoms with van der Waals surface area (Å²) in [6.45, 7) is 10.9. The first kappa shape index (κ1) is 25.3. The minimum atomic E-state index is -0.317. The molecule has 2 saturated heterocycles. The monoisotopic (exact) mass is 546 g/mol.